The van der Waals surface area contributed by atoms with Gasteiger partial charge in [0.15, 0.2) is 0 Å². The first-order valence-electron chi connectivity index (χ1n) is 8.14. The monoisotopic (exact) mass is 340 g/mol. The summed E-state index contributed by atoms with van der Waals surface area (Å²) in [5, 5.41) is 1.16. The molecule has 0 atom stereocenters. The number of rotatable bonds is 6. The molecule has 0 radical (unpaired) electrons. The van der Waals surface area contributed by atoms with E-state index in [2.05, 4.69) is 28.2 Å². The lowest BCUT2D eigenvalue weighted by atomic mass is 10.1. The summed E-state index contributed by atoms with van der Waals surface area (Å²) in [4.78, 5) is 31.1. The zero-order valence-electron chi connectivity index (χ0n) is 14.0. The molecular formula is C18H20N4O3. The van der Waals surface area contributed by atoms with Crippen LogP contribution in [0.5, 0.6) is 0 Å². The molecule has 7 nitrogen and oxygen atoms in total. The molecule has 3 aromatic rings. The minimum Gasteiger partial charge on any atom is -0.465 e. The van der Waals surface area contributed by atoms with Crippen LogP contribution in [0.4, 0.5) is 5.95 Å². The van der Waals surface area contributed by atoms with Crippen molar-refractivity contribution in [1.82, 2.24) is 14.5 Å². The number of aryl methyl sites for hydroxylation is 2. The molecule has 0 saturated carbocycles. The Morgan fingerprint density at radius 3 is 2.88 bits per heavy atom. The van der Waals surface area contributed by atoms with E-state index in [9.17, 15) is 9.59 Å². The van der Waals surface area contributed by atoms with Crippen molar-refractivity contribution in [3.8, 4) is 0 Å². The van der Waals surface area contributed by atoms with Crippen molar-refractivity contribution in [2.24, 2.45) is 0 Å². The van der Waals surface area contributed by atoms with E-state index in [-0.39, 0.29) is 24.7 Å². The lowest BCUT2D eigenvalue weighted by molar-refractivity contribution is -0.143. The highest BCUT2D eigenvalue weighted by atomic mass is 16.5. The summed E-state index contributed by atoms with van der Waals surface area (Å²) in [6, 6.07) is 9.63. The van der Waals surface area contributed by atoms with Crippen LogP contribution in [0.3, 0.4) is 0 Å². The number of anilines is 1. The number of aromatic nitrogens is 3. The average molecular weight is 340 g/mol. The number of carbonyl (C=O) groups is 1. The van der Waals surface area contributed by atoms with E-state index in [0.717, 1.165) is 27.5 Å². The topological polar surface area (TPSA) is 103 Å². The summed E-state index contributed by atoms with van der Waals surface area (Å²) in [6.45, 7) is 1.73. The molecule has 0 aliphatic heterocycles. The second-order valence-electron chi connectivity index (χ2n) is 5.73. The van der Waals surface area contributed by atoms with Gasteiger partial charge in [0.1, 0.15) is 6.54 Å². The van der Waals surface area contributed by atoms with Gasteiger partial charge >= 0.3 is 5.97 Å². The number of carbonyl (C=O) groups excluding carboxylic acids is 1. The number of nitrogens with zero attached hydrogens (tertiary/aromatic N) is 2. The van der Waals surface area contributed by atoms with E-state index < -0.39 is 5.97 Å². The molecule has 2 heterocycles. The number of nitrogens with two attached hydrogens (primary N) is 1. The number of fused-ring (bicyclic) bond motifs is 1. The fourth-order valence-corrected chi connectivity index (χ4v) is 2.72. The standard InChI is InChI=1S/C18H20N4O3/c1-2-25-17(24)11-22-16(23)10-14(21-18(22)19)6-4-12-3-5-13-7-8-20-15(13)9-12/h3,5,7-10,20H,2,4,6,11H2,1H3,(H2,19,21). The van der Waals surface area contributed by atoms with Crippen LogP contribution in [0.1, 0.15) is 18.2 Å². The first kappa shape index (κ1) is 16.8. The molecule has 0 bridgehead atoms. The number of nitrogen functional groups attached to an aromatic ring is 1. The van der Waals surface area contributed by atoms with Gasteiger partial charge in [0.25, 0.3) is 5.56 Å². The van der Waals surface area contributed by atoms with Crippen LogP contribution in [0.15, 0.2) is 41.3 Å². The van der Waals surface area contributed by atoms with Crippen LogP contribution in [-0.2, 0) is 28.9 Å². The molecule has 0 amide bonds. The van der Waals surface area contributed by atoms with Crippen molar-refractivity contribution in [2.75, 3.05) is 12.3 Å². The Morgan fingerprint density at radius 2 is 2.12 bits per heavy atom. The van der Waals surface area contributed by atoms with Crippen molar-refractivity contribution < 1.29 is 9.53 Å². The maximum atomic E-state index is 12.2. The highest BCUT2D eigenvalue weighted by Gasteiger charge is 2.11. The number of benzene rings is 1. The Balaban J connectivity index is 1.72. The van der Waals surface area contributed by atoms with E-state index in [1.54, 1.807) is 6.92 Å². The van der Waals surface area contributed by atoms with Gasteiger partial charge in [-0.25, -0.2) is 4.98 Å². The van der Waals surface area contributed by atoms with Crippen molar-refractivity contribution >= 4 is 22.8 Å². The third kappa shape index (κ3) is 3.88. The molecule has 3 N–H and O–H groups in total. The number of hydrogen-bond acceptors (Lipinski definition) is 5. The highest BCUT2D eigenvalue weighted by Crippen LogP contribution is 2.15. The molecule has 130 valence electrons. The fraction of sp³-hybridized carbons (Fsp3) is 0.278. The summed E-state index contributed by atoms with van der Waals surface area (Å²) < 4.78 is 5.95. The van der Waals surface area contributed by atoms with Gasteiger partial charge in [-0.05, 0) is 42.8 Å². The van der Waals surface area contributed by atoms with Gasteiger partial charge < -0.3 is 15.5 Å². The van der Waals surface area contributed by atoms with Crippen molar-refractivity contribution in [1.29, 1.82) is 0 Å². The summed E-state index contributed by atoms with van der Waals surface area (Å²) >= 11 is 0. The number of H-pyrrole nitrogens is 1. The second kappa shape index (κ2) is 7.21. The van der Waals surface area contributed by atoms with Crippen LogP contribution >= 0.6 is 0 Å². The van der Waals surface area contributed by atoms with E-state index in [4.69, 9.17) is 10.5 Å². The van der Waals surface area contributed by atoms with Gasteiger partial charge in [0, 0.05) is 17.8 Å². The van der Waals surface area contributed by atoms with Crippen molar-refractivity contribution in [2.45, 2.75) is 26.3 Å². The quantitative estimate of drug-likeness (QED) is 0.664. The molecule has 0 saturated heterocycles. The lowest BCUT2D eigenvalue weighted by Crippen LogP contribution is -2.29. The predicted octanol–water partition coefficient (Wildman–Crippen LogP) is 1.66. The normalized spacial score (nSPS) is 10.9. The van der Waals surface area contributed by atoms with Crippen molar-refractivity contribution in [3.05, 3.63) is 58.1 Å². The number of aromatic amines is 1. The zero-order chi connectivity index (χ0) is 17.8. The van der Waals surface area contributed by atoms with Gasteiger partial charge in [0.05, 0.1) is 12.3 Å². The Kier molecular flexibility index (Phi) is 4.83. The van der Waals surface area contributed by atoms with Crippen LogP contribution in [0, 0.1) is 0 Å². The first-order chi connectivity index (χ1) is 12.1. The SMILES string of the molecule is CCOC(=O)Cn1c(N)nc(CCc2ccc3cc[nH]c3c2)cc1=O. The maximum Gasteiger partial charge on any atom is 0.326 e. The Bertz CT molecular complexity index is 958. The van der Waals surface area contributed by atoms with Crippen LogP contribution < -0.4 is 11.3 Å². The van der Waals surface area contributed by atoms with Crippen LogP contribution in [0.2, 0.25) is 0 Å². The zero-order valence-corrected chi connectivity index (χ0v) is 14.0. The maximum absolute atomic E-state index is 12.2. The number of esters is 1. The van der Waals surface area contributed by atoms with Gasteiger partial charge in [-0.2, -0.15) is 0 Å². The molecule has 7 heteroatoms. The molecule has 0 spiro atoms. The summed E-state index contributed by atoms with van der Waals surface area (Å²) in [7, 11) is 0. The number of ether oxygens (including phenoxy) is 1. The summed E-state index contributed by atoms with van der Waals surface area (Å²) in [5.41, 5.74) is 8.31. The van der Waals surface area contributed by atoms with Crippen molar-refractivity contribution in [3.63, 3.8) is 0 Å². The third-order valence-electron chi connectivity index (χ3n) is 3.97. The van der Waals surface area contributed by atoms with E-state index >= 15 is 0 Å². The number of hydrogen-bond donors (Lipinski definition) is 2. The molecule has 2 aromatic heterocycles. The smallest absolute Gasteiger partial charge is 0.326 e. The summed E-state index contributed by atoms with van der Waals surface area (Å²) in [6.07, 6.45) is 3.23. The molecule has 0 aliphatic rings. The lowest BCUT2D eigenvalue weighted by Gasteiger charge is -2.10. The summed E-state index contributed by atoms with van der Waals surface area (Å²) in [5.74, 6) is -0.486. The molecule has 1 aromatic carbocycles. The molecule has 3 rings (SSSR count). The largest absolute Gasteiger partial charge is 0.465 e. The molecular weight excluding hydrogens is 320 g/mol. The minimum absolute atomic E-state index is 0.0235. The van der Waals surface area contributed by atoms with Gasteiger partial charge in [0.2, 0.25) is 5.95 Å². The molecule has 25 heavy (non-hydrogen) atoms. The van der Waals surface area contributed by atoms with Gasteiger partial charge in [-0.3, -0.25) is 14.2 Å². The second-order valence-corrected chi connectivity index (χ2v) is 5.73. The minimum atomic E-state index is -0.509. The van der Waals surface area contributed by atoms with Gasteiger partial charge in [-0.15, -0.1) is 0 Å². The Morgan fingerprint density at radius 1 is 1.28 bits per heavy atom. The van der Waals surface area contributed by atoms with E-state index in [0.29, 0.717) is 12.1 Å². The molecule has 0 unspecified atom stereocenters. The number of nitrogens with one attached hydrogen (secondary N) is 1. The molecule has 0 aliphatic carbocycles. The van der Waals surface area contributed by atoms with Crippen LogP contribution in [0.25, 0.3) is 10.9 Å². The fourth-order valence-electron chi connectivity index (χ4n) is 2.72. The highest BCUT2D eigenvalue weighted by molar-refractivity contribution is 5.79. The molecule has 0 fully saturated rings. The Labute approximate surface area is 144 Å². The van der Waals surface area contributed by atoms with Gasteiger partial charge in [-0.1, -0.05) is 12.1 Å². The van der Waals surface area contributed by atoms with E-state index in [1.165, 1.54) is 6.07 Å². The Hall–Kier alpha value is -3.09. The predicted molar refractivity (Wildman–Crippen MR) is 95.2 cm³/mol. The average Bonchev–Trinajstić information content (AvgIpc) is 3.04. The van der Waals surface area contributed by atoms with E-state index in [1.807, 2.05) is 12.3 Å². The first-order valence-corrected chi connectivity index (χ1v) is 8.14. The third-order valence-corrected chi connectivity index (χ3v) is 3.97. The van der Waals surface area contributed by atoms with Crippen LogP contribution in [-0.4, -0.2) is 27.1 Å².